The monoisotopic (exact) mass is 328 g/mol. The van der Waals surface area contributed by atoms with Gasteiger partial charge in [0.15, 0.2) is 0 Å². The number of aliphatic imine (C=N–C) groups is 1. The van der Waals surface area contributed by atoms with Crippen LogP contribution in [0.2, 0.25) is 0 Å². The Morgan fingerprint density at radius 3 is 2.95 bits per heavy atom. The summed E-state index contributed by atoms with van der Waals surface area (Å²) >= 11 is 3.44. The van der Waals surface area contributed by atoms with Gasteiger partial charge in [0.25, 0.3) is 0 Å². The molecule has 0 radical (unpaired) electrons. The molecule has 0 saturated heterocycles. The Morgan fingerprint density at radius 1 is 1.47 bits per heavy atom. The molecule has 0 aliphatic heterocycles. The Labute approximate surface area is 122 Å². The number of hydrogen-bond acceptors (Lipinski definition) is 3. The summed E-state index contributed by atoms with van der Waals surface area (Å²) in [6, 6.07) is 6.01. The highest BCUT2D eigenvalue weighted by molar-refractivity contribution is 9.10. The van der Waals surface area contributed by atoms with Gasteiger partial charge in [0.1, 0.15) is 0 Å². The van der Waals surface area contributed by atoms with Gasteiger partial charge in [-0.2, -0.15) is 0 Å². The number of nitrogens with one attached hydrogen (secondary N) is 2. The zero-order chi connectivity index (χ0) is 14.1. The van der Waals surface area contributed by atoms with Crippen LogP contribution in [0.4, 0.5) is 5.69 Å². The lowest BCUT2D eigenvalue weighted by molar-refractivity contribution is 0.146. The summed E-state index contributed by atoms with van der Waals surface area (Å²) in [5.74, 6) is 6.02. The zero-order valence-electron chi connectivity index (χ0n) is 11.4. The quantitative estimate of drug-likeness (QED) is 0.246. The standard InChI is InChI=1S/C13H21BrN4O/c1-3-19-8-4-7-16-13(18-15)17-12-9-11(14)6-5-10(12)2/h5-6,9H,3-4,7-8,15H2,1-2H3,(H2,16,17,18). The molecule has 0 heterocycles. The molecule has 0 bridgehead atoms. The SMILES string of the molecule is CCOCCCN=C(NN)Nc1cc(Br)ccc1C. The van der Waals surface area contributed by atoms with Crippen LogP contribution in [0, 0.1) is 6.92 Å². The van der Waals surface area contributed by atoms with Crippen molar-refractivity contribution in [2.24, 2.45) is 10.8 Å². The summed E-state index contributed by atoms with van der Waals surface area (Å²) in [7, 11) is 0. The third-order valence-corrected chi connectivity index (χ3v) is 3.00. The molecule has 6 heteroatoms. The van der Waals surface area contributed by atoms with E-state index in [0.717, 1.165) is 28.8 Å². The second-order valence-electron chi connectivity index (χ2n) is 4.01. The fourth-order valence-corrected chi connectivity index (χ4v) is 1.84. The normalized spacial score (nSPS) is 11.5. The lowest BCUT2D eigenvalue weighted by Crippen LogP contribution is -2.36. The lowest BCUT2D eigenvalue weighted by atomic mass is 10.2. The molecular formula is C13H21BrN4O. The van der Waals surface area contributed by atoms with Crippen LogP contribution >= 0.6 is 15.9 Å². The van der Waals surface area contributed by atoms with Crippen molar-refractivity contribution in [1.29, 1.82) is 0 Å². The predicted octanol–water partition coefficient (Wildman–Crippen LogP) is 2.42. The van der Waals surface area contributed by atoms with Crippen molar-refractivity contribution < 1.29 is 4.74 Å². The molecule has 0 aliphatic carbocycles. The van der Waals surface area contributed by atoms with Gasteiger partial charge in [-0.3, -0.25) is 10.4 Å². The molecule has 0 unspecified atom stereocenters. The van der Waals surface area contributed by atoms with Crippen molar-refractivity contribution in [3.05, 3.63) is 28.2 Å². The number of guanidine groups is 1. The van der Waals surface area contributed by atoms with Crippen molar-refractivity contribution in [1.82, 2.24) is 5.43 Å². The number of anilines is 1. The molecule has 1 aromatic rings. The number of hydrazine groups is 1. The van der Waals surface area contributed by atoms with Crippen LogP contribution in [-0.4, -0.2) is 25.7 Å². The van der Waals surface area contributed by atoms with Gasteiger partial charge < -0.3 is 10.1 Å². The topological polar surface area (TPSA) is 71.7 Å². The van der Waals surface area contributed by atoms with Gasteiger partial charge in [0, 0.05) is 29.9 Å². The minimum Gasteiger partial charge on any atom is -0.382 e. The average Bonchev–Trinajstić information content (AvgIpc) is 2.41. The van der Waals surface area contributed by atoms with Crippen molar-refractivity contribution in [3.8, 4) is 0 Å². The highest BCUT2D eigenvalue weighted by atomic mass is 79.9. The van der Waals surface area contributed by atoms with Crippen LogP contribution in [0.1, 0.15) is 18.9 Å². The van der Waals surface area contributed by atoms with E-state index in [1.807, 2.05) is 32.0 Å². The van der Waals surface area contributed by atoms with Crippen molar-refractivity contribution in [2.75, 3.05) is 25.1 Å². The molecule has 4 N–H and O–H groups in total. The van der Waals surface area contributed by atoms with Crippen LogP contribution < -0.4 is 16.6 Å². The fourth-order valence-electron chi connectivity index (χ4n) is 1.48. The Bertz CT molecular complexity index is 423. The summed E-state index contributed by atoms with van der Waals surface area (Å²) in [4.78, 5) is 4.35. The summed E-state index contributed by atoms with van der Waals surface area (Å²) in [5.41, 5.74) is 4.66. The summed E-state index contributed by atoms with van der Waals surface area (Å²) in [6.07, 6.45) is 0.873. The third-order valence-electron chi connectivity index (χ3n) is 2.51. The minimum absolute atomic E-state index is 0.553. The average molecular weight is 329 g/mol. The second-order valence-corrected chi connectivity index (χ2v) is 4.93. The minimum atomic E-state index is 0.553. The van der Waals surface area contributed by atoms with E-state index >= 15 is 0 Å². The molecule has 106 valence electrons. The first kappa shape index (κ1) is 15.9. The number of rotatable bonds is 6. The van der Waals surface area contributed by atoms with Crippen LogP contribution in [0.25, 0.3) is 0 Å². The van der Waals surface area contributed by atoms with Gasteiger partial charge in [-0.1, -0.05) is 22.0 Å². The number of nitrogens with zero attached hydrogens (tertiary/aromatic N) is 1. The zero-order valence-corrected chi connectivity index (χ0v) is 13.0. The number of benzene rings is 1. The molecule has 0 spiro atoms. The molecule has 0 fully saturated rings. The largest absolute Gasteiger partial charge is 0.382 e. The van der Waals surface area contributed by atoms with Gasteiger partial charge in [0.05, 0.1) is 0 Å². The highest BCUT2D eigenvalue weighted by Crippen LogP contribution is 2.20. The van der Waals surface area contributed by atoms with E-state index in [9.17, 15) is 0 Å². The molecule has 0 atom stereocenters. The van der Waals surface area contributed by atoms with E-state index in [0.29, 0.717) is 19.1 Å². The smallest absolute Gasteiger partial charge is 0.210 e. The second kappa shape index (κ2) is 8.90. The van der Waals surface area contributed by atoms with Gasteiger partial charge in [-0.25, -0.2) is 5.84 Å². The summed E-state index contributed by atoms with van der Waals surface area (Å²) in [6.45, 7) is 6.13. The van der Waals surface area contributed by atoms with Gasteiger partial charge in [-0.05, 0) is 38.0 Å². The van der Waals surface area contributed by atoms with Crippen LogP contribution in [-0.2, 0) is 4.74 Å². The Hall–Kier alpha value is -1.11. The first-order chi connectivity index (χ1) is 9.17. The molecule has 0 aliphatic rings. The van der Waals surface area contributed by atoms with E-state index in [1.54, 1.807) is 0 Å². The molecule has 0 saturated carbocycles. The Kier molecular flexibility index (Phi) is 7.47. The molecule has 1 aromatic carbocycles. The van der Waals surface area contributed by atoms with Crippen molar-refractivity contribution in [3.63, 3.8) is 0 Å². The van der Waals surface area contributed by atoms with Gasteiger partial charge in [0.2, 0.25) is 5.96 Å². The van der Waals surface area contributed by atoms with Gasteiger partial charge >= 0.3 is 0 Å². The van der Waals surface area contributed by atoms with Crippen molar-refractivity contribution >= 4 is 27.6 Å². The lowest BCUT2D eigenvalue weighted by Gasteiger charge is -2.12. The highest BCUT2D eigenvalue weighted by Gasteiger charge is 2.02. The molecule has 5 nitrogen and oxygen atoms in total. The van der Waals surface area contributed by atoms with E-state index in [1.165, 1.54) is 0 Å². The van der Waals surface area contributed by atoms with Crippen LogP contribution in [0.15, 0.2) is 27.7 Å². The molecule has 19 heavy (non-hydrogen) atoms. The maximum Gasteiger partial charge on any atom is 0.210 e. The Morgan fingerprint density at radius 2 is 2.26 bits per heavy atom. The van der Waals surface area contributed by atoms with Crippen LogP contribution in [0.3, 0.4) is 0 Å². The molecule has 0 amide bonds. The first-order valence-corrected chi connectivity index (χ1v) is 7.08. The number of hydrogen-bond donors (Lipinski definition) is 3. The maximum atomic E-state index is 5.46. The van der Waals surface area contributed by atoms with Crippen molar-refractivity contribution in [2.45, 2.75) is 20.3 Å². The van der Waals surface area contributed by atoms with E-state index in [2.05, 4.69) is 31.7 Å². The summed E-state index contributed by atoms with van der Waals surface area (Å²) < 4.78 is 6.26. The summed E-state index contributed by atoms with van der Waals surface area (Å²) in [5, 5.41) is 3.17. The predicted molar refractivity (Wildman–Crippen MR) is 83.2 cm³/mol. The molecule has 1 rings (SSSR count). The van der Waals surface area contributed by atoms with Crippen LogP contribution in [0.5, 0.6) is 0 Å². The number of ether oxygens (including phenoxy) is 1. The van der Waals surface area contributed by atoms with Gasteiger partial charge in [-0.15, -0.1) is 0 Å². The Balaban J connectivity index is 2.55. The maximum absolute atomic E-state index is 5.46. The number of aryl methyl sites for hydroxylation is 1. The van der Waals surface area contributed by atoms with E-state index in [4.69, 9.17) is 10.6 Å². The first-order valence-electron chi connectivity index (χ1n) is 6.29. The fraction of sp³-hybridized carbons (Fsp3) is 0.462. The van der Waals surface area contributed by atoms with E-state index < -0.39 is 0 Å². The molecular weight excluding hydrogens is 308 g/mol. The number of halogens is 1. The third kappa shape index (κ3) is 6.04. The number of nitrogens with two attached hydrogens (primary N) is 1. The molecule has 0 aromatic heterocycles. The van der Waals surface area contributed by atoms with E-state index in [-0.39, 0.29) is 0 Å².